The highest BCUT2D eigenvalue weighted by Crippen LogP contribution is 2.21. The van der Waals surface area contributed by atoms with E-state index < -0.39 is 0 Å². The number of ether oxygens (including phenoxy) is 1. The molecule has 3 rings (SSSR count). The number of pyridine rings is 1. The first-order valence-corrected chi connectivity index (χ1v) is 8.15. The maximum atomic E-state index is 12.5. The first-order chi connectivity index (χ1) is 12.0. The van der Waals surface area contributed by atoms with Gasteiger partial charge in [-0.2, -0.15) is 0 Å². The van der Waals surface area contributed by atoms with Crippen molar-refractivity contribution in [2.45, 2.75) is 19.1 Å². The molecule has 1 aliphatic rings. The summed E-state index contributed by atoms with van der Waals surface area (Å²) in [5.74, 6) is 0.712. The molecule has 1 fully saturated rings. The molecule has 8 heteroatoms. The maximum absolute atomic E-state index is 12.5. The third-order valence-electron chi connectivity index (χ3n) is 3.93. The highest BCUT2D eigenvalue weighted by molar-refractivity contribution is 5.96. The van der Waals surface area contributed by atoms with Crippen LogP contribution >= 0.6 is 0 Å². The van der Waals surface area contributed by atoms with Crippen molar-refractivity contribution in [2.75, 3.05) is 32.9 Å². The van der Waals surface area contributed by atoms with E-state index in [2.05, 4.69) is 15.0 Å². The standard InChI is InChI=1S/C17H22N6O2/c1-22(2)10-12-9-13(3-5-19-12)25-14-4-8-23(11-14)17(24)15-16(18)21-7-6-20-15/h3,5-7,9,14H,4,8,10-11H2,1-2H3,(H2,18,21). The maximum Gasteiger partial charge on any atom is 0.276 e. The van der Waals surface area contributed by atoms with Gasteiger partial charge in [0.2, 0.25) is 0 Å². The highest BCUT2D eigenvalue weighted by Gasteiger charge is 2.30. The average Bonchev–Trinajstić information content (AvgIpc) is 3.03. The number of nitrogen functional groups attached to an aromatic ring is 1. The number of hydrogen-bond acceptors (Lipinski definition) is 7. The van der Waals surface area contributed by atoms with E-state index in [-0.39, 0.29) is 23.5 Å². The number of anilines is 1. The van der Waals surface area contributed by atoms with Crippen molar-refractivity contribution >= 4 is 11.7 Å². The van der Waals surface area contributed by atoms with Gasteiger partial charge in [0.15, 0.2) is 11.5 Å². The van der Waals surface area contributed by atoms with Crippen LogP contribution in [0, 0.1) is 0 Å². The SMILES string of the molecule is CN(C)Cc1cc(OC2CCN(C(=O)c3nccnc3N)C2)ccn1. The molecule has 0 spiro atoms. The smallest absolute Gasteiger partial charge is 0.276 e. The number of carbonyl (C=O) groups is 1. The first kappa shape index (κ1) is 17.1. The molecule has 1 unspecified atom stereocenters. The Morgan fingerprint density at radius 3 is 2.88 bits per heavy atom. The highest BCUT2D eigenvalue weighted by atomic mass is 16.5. The minimum Gasteiger partial charge on any atom is -0.488 e. The van der Waals surface area contributed by atoms with E-state index in [1.807, 2.05) is 31.1 Å². The number of amides is 1. The zero-order chi connectivity index (χ0) is 17.8. The first-order valence-electron chi connectivity index (χ1n) is 8.15. The number of rotatable bonds is 5. The molecule has 132 valence electrons. The third-order valence-corrected chi connectivity index (χ3v) is 3.93. The van der Waals surface area contributed by atoms with Crippen LogP contribution in [0.5, 0.6) is 5.75 Å². The quantitative estimate of drug-likeness (QED) is 0.858. The molecule has 2 N–H and O–H groups in total. The Morgan fingerprint density at radius 2 is 2.12 bits per heavy atom. The van der Waals surface area contributed by atoms with Gasteiger partial charge in [-0.15, -0.1) is 0 Å². The second kappa shape index (κ2) is 7.43. The Bertz CT molecular complexity index is 751. The summed E-state index contributed by atoms with van der Waals surface area (Å²) in [5.41, 5.74) is 6.88. The van der Waals surface area contributed by atoms with Crippen LogP contribution in [0.2, 0.25) is 0 Å². The summed E-state index contributed by atoms with van der Waals surface area (Å²) in [7, 11) is 3.99. The number of aromatic nitrogens is 3. The predicted octanol–water partition coefficient (Wildman–Crippen LogP) is 0.809. The predicted molar refractivity (Wildman–Crippen MR) is 93.0 cm³/mol. The van der Waals surface area contributed by atoms with Gasteiger partial charge >= 0.3 is 0 Å². The van der Waals surface area contributed by atoms with Crippen molar-refractivity contribution in [1.82, 2.24) is 24.8 Å². The van der Waals surface area contributed by atoms with E-state index in [9.17, 15) is 4.79 Å². The number of hydrogen-bond donors (Lipinski definition) is 1. The molecule has 0 bridgehead atoms. The number of likely N-dealkylation sites (tertiary alicyclic amines) is 1. The van der Waals surface area contributed by atoms with Gasteiger partial charge in [0.1, 0.15) is 11.9 Å². The van der Waals surface area contributed by atoms with Crippen LogP contribution in [-0.4, -0.2) is 63.9 Å². The second-order valence-corrected chi connectivity index (χ2v) is 6.29. The lowest BCUT2D eigenvalue weighted by molar-refractivity contribution is 0.0767. The summed E-state index contributed by atoms with van der Waals surface area (Å²) in [6.45, 7) is 1.85. The van der Waals surface area contributed by atoms with E-state index >= 15 is 0 Å². The van der Waals surface area contributed by atoms with Gasteiger partial charge in [0.25, 0.3) is 5.91 Å². The molecule has 2 aromatic heterocycles. The van der Waals surface area contributed by atoms with Crippen LogP contribution in [0.15, 0.2) is 30.7 Å². The molecule has 3 heterocycles. The molecule has 25 heavy (non-hydrogen) atoms. The summed E-state index contributed by atoms with van der Waals surface area (Å²) in [6, 6.07) is 3.77. The van der Waals surface area contributed by atoms with Gasteiger partial charge in [-0.25, -0.2) is 9.97 Å². The number of nitrogens with zero attached hydrogens (tertiary/aromatic N) is 5. The summed E-state index contributed by atoms with van der Waals surface area (Å²) in [4.78, 5) is 28.6. The Morgan fingerprint density at radius 1 is 1.32 bits per heavy atom. The minimum absolute atomic E-state index is 0.0588. The number of nitrogens with two attached hydrogens (primary N) is 1. The summed E-state index contributed by atoms with van der Waals surface area (Å²) < 4.78 is 6.02. The van der Waals surface area contributed by atoms with Gasteiger partial charge in [-0.05, 0) is 20.2 Å². The minimum atomic E-state index is -0.209. The number of carbonyl (C=O) groups excluding carboxylic acids is 1. The monoisotopic (exact) mass is 342 g/mol. The average molecular weight is 342 g/mol. The molecule has 1 atom stereocenters. The Labute approximate surface area is 146 Å². The molecule has 0 radical (unpaired) electrons. The fraction of sp³-hybridized carbons (Fsp3) is 0.412. The van der Waals surface area contributed by atoms with Crippen molar-refractivity contribution in [3.63, 3.8) is 0 Å². The zero-order valence-electron chi connectivity index (χ0n) is 14.4. The Balaban J connectivity index is 1.62. The van der Waals surface area contributed by atoms with E-state index in [1.165, 1.54) is 12.4 Å². The molecule has 1 amide bonds. The Hall–Kier alpha value is -2.74. The molecule has 0 aromatic carbocycles. The molecule has 1 aliphatic heterocycles. The lowest BCUT2D eigenvalue weighted by atomic mass is 10.3. The lowest BCUT2D eigenvalue weighted by Gasteiger charge is -2.17. The lowest BCUT2D eigenvalue weighted by Crippen LogP contribution is -2.32. The summed E-state index contributed by atoms with van der Waals surface area (Å²) >= 11 is 0. The van der Waals surface area contributed by atoms with E-state index in [0.717, 1.165) is 24.4 Å². The van der Waals surface area contributed by atoms with Gasteiger partial charge in [-0.1, -0.05) is 0 Å². The fourth-order valence-electron chi connectivity index (χ4n) is 2.80. The van der Waals surface area contributed by atoms with Crippen molar-refractivity contribution in [3.05, 3.63) is 42.1 Å². The van der Waals surface area contributed by atoms with E-state index in [4.69, 9.17) is 10.5 Å². The summed E-state index contributed by atoms with van der Waals surface area (Å²) in [6.07, 6.45) is 5.38. The molecule has 0 aliphatic carbocycles. The molecular formula is C17H22N6O2. The van der Waals surface area contributed by atoms with Crippen LogP contribution < -0.4 is 10.5 Å². The third kappa shape index (κ3) is 4.21. The van der Waals surface area contributed by atoms with Crippen molar-refractivity contribution in [1.29, 1.82) is 0 Å². The van der Waals surface area contributed by atoms with Gasteiger partial charge in [0.05, 0.1) is 12.2 Å². The summed E-state index contributed by atoms with van der Waals surface area (Å²) in [5, 5.41) is 0. The van der Waals surface area contributed by atoms with E-state index in [1.54, 1.807) is 11.1 Å². The van der Waals surface area contributed by atoms with Crippen molar-refractivity contribution < 1.29 is 9.53 Å². The second-order valence-electron chi connectivity index (χ2n) is 6.29. The Kier molecular flexibility index (Phi) is 5.08. The van der Waals surface area contributed by atoms with Crippen LogP contribution in [0.1, 0.15) is 22.6 Å². The molecular weight excluding hydrogens is 320 g/mol. The van der Waals surface area contributed by atoms with Crippen LogP contribution in [0.3, 0.4) is 0 Å². The zero-order valence-corrected chi connectivity index (χ0v) is 14.4. The fourth-order valence-corrected chi connectivity index (χ4v) is 2.80. The topological polar surface area (TPSA) is 97.5 Å². The van der Waals surface area contributed by atoms with Gasteiger partial charge < -0.3 is 20.3 Å². The molecule has 1 saturated heterocycles. The molecule has 2 aromatic rings. The van der Waals surface area contributed by atoms with Crippen LogP contribution in [-0.2, 0) is 6.54 Å². The largest absolute Gasteiger partial charge is 0.488 e. The van der Waals surface area contributed by atoms with E-state index in [0.29, 0.717) is 13.1 Å². The van der Waals surface area contributed by atoms with Gasteiger partial charge in [-0.3, -0.25) is 9.78 Å². The van der Waals surface area contributed by atoms with Crippen molar-refractivity contribution in [3.8, 4) is 5.75 Å². The normalized spacial score (nSPS) is 17.1. The van der Waals surface area contributed by atoms with Crippen molar-refractivity contribution in [2.24, 2.45) is 0 Å². The van der Waals surface area contributed by atoms with Crippen LogP contribution in [0.25, 0.3) is 0 Å². The van der Waals surface area contributed by atoms with Crippen LogP contribution in [0.4, 0.5) is 5.82 Å². The molecule has 0 saturated carbocycles. The molecule has 8 nitrogen and oxygen atoms in total. The van der Waals surface area contributed by atoms with Gasteiger partial charge in [0, 0.05) is 44.2 Å².